The first-order valence-corrected chi connectivity index (χ1v) is 5.33. The molecule has 0 aliphatic rings. The summed E-state index contributed by atoms with van der Waals surface area (Å²) in [6, 6.07) is 2.34. The van der Waals surface area contributed by atoms with Gasteiger partial charge in [0, 0.05) is 11.6 Å². The van der Waals surface area contributed by atoms with Gasteiger partial charge in [0.05, 0.1) is 11.8 Å². The number of alkyl halides is 3. The van der Waals surface area contributed by atoms with Crippen molar-refractivity contribution in [2.75, 3.05) is 0 Å². The molecule has 1 aromatic heterocycles. The molecule has 19 heavy (non-hydrogen) atoms. The van der Waals surface area contributed by atoms with Crippen LogP contribution in [0, 0.1) is 12.7 Å². The van der Waals surface area contributed by atoms with Gasteiger partial charge in [-0.15, -0.1) is 0 Å². The molecule has 0 unspecified atom stereocenters. The van der Waals surface area contributed by atoms with E-state index in [9.17, 15) is 17.6 Å². The van der Waals surface area contributed by atoms with Gasteiger partial charge < -0.3 is 4.42 Å². The summed E-state index contributed by atoms with van der Waals surface area (Å²) in [6.45, 7) is 1.70. The number of hydrogen-bond donors (Lipinski definition) is 0. The minimum Gasteiger partial charge on any atom is -0.442 e. The third-order valence-electron chi connectivity index (χ3n) is 2.37. The topological polar surface area (TPSA) is 26.0 Å². The number of oxazole rings is 1. The average Bonchev–Trinajstić information content (AvgIpc) is 2.72. The van der Waals surface area contributed by atoms with Gasteiger partial charge in [-0.1, -0.05) is 6.07 Å². The lowest BCUT2D eigenvalue weighted by molar-refractivity contribution is -0.137. The van der Waals surface area contributed by atoms with Crippen LogP contribution < -0.4 is 0 Å². The third-order valence-corrected chi connectivity index (χ3v) is 2.37. The van der Waals surface area contributed by atoms with E-state index in [2.05, 4.69) is 4.98 Å². The van der Waals surface area contributed by atoms with Gasteiger partial charge in [0.2, 0.25) is 5.89 Å². The van der Waals surface area contributed by atoms with Crippen molar-refractivity contribution in [3.63, 3.8) is 0 Å². The van der Waals surface area contributed by atoms with E-state index in [-0.39, 0.29) is 11.5 Å². The molecule has 0 atom stereocenters. The van der Waals surface area contributed by atoms with Gasteiger partial charge in [-0.25, -0.2) is 9.37 Å². The highest BCUT2D eigenvalue weighted by molar-refractivity contribution is 5.66. The smallest absolute Gasteiger partial charge is 0.416 e. The molecule has 0 amide bonds. The molecule has 2 rings (SSSR count). The van der Waals surface area contributed by atoms with Crippen LogP contribution in [-0.4, -0.2) is 4.98 Å². The van der Waals surface area contributed by atoms with Gasteiger partial charge in [-0.05, 0) is 25.1 Å². The summed E-state index contributed by atoms with van der Waals surface area (Å²) in [7, 11) is 0. The van der Waals surface area contributed by atoms with Crippen LogP contribution in [0.15, 0.2) is 28.8 Å². The normalized spacial score (nSPS) is 12.3. The molecule has 0 radical (unpaired) electrons. The van der Waals surface area contributed by atoms with Crippen LogP contribution >= 0.6 is 0 Å². The predicted molar refractivity (Wildman–Crippen MR) is 61.6 cm³/mol. The first-order valence-electron chi connectivity index (χ1n) is 5.33. The molecule has 1 heterocycles. The van der Waals surface area contributed by atoms with Gasteiger partial charge in [-0.3, -0.25) is 0 Å². The Morgan fingerprint density at radius 1 is 1.21 bits per heavy atom. The van der Waals surface area contributed by atoms with Crippen molar-refractivity contribution in [3.8, 4) is 0 Å². The molecule has 0 saturated heterocycles. The first-order chi connectivity index (χ1) is 8.86. The van der Waals surface area contributed by atoms with E-state index in [0.29, 0.717) is 11.8 Å². The first kappa shape index (κ1) is 13.3. The Morgan fingerprint density at radius 3 is 2.47 bits per heavy atom. The van der Waals surface area contributed by atoms with Gasteiger partial charge >= 0.3 is 6.18 Å². The summed E-state index contributed by atoms with van der Waals surface area (Å²) in [5, 5.41) is 0. The van der Waals surface area contributed by atoms with Crippen molar-refractivity contribution in [1.29, 1.82) is 0 Å². The molecule has 6 heteroatoms. The van der Waals surface area contributed by atoms with Crippen molar-refractivity contribution < 1.29 is 22.0 Å². The van der Waals surface area contributed by atoms with Crippen LogP contribution in [0.5, 0.6) is 0 Å². The number of hydrogen-bond acceptors (Lipinski definition) is 2. The maximum absolute atomic E-state index is 13.5. The SMILES string of the molecule is Cc1cnc(C=Cc2ccc(C(F)(F)F)cc2F)o1. The second-order valence-electron chi connectivity index (χ2n) is 3.88. The largest absolute Gasteiger partial charge is 0.442 e. The number of nitrogens with zero attached hydrogens (tertiary/aromatic N) is 1. The summed E-state index contributed by atoms with van der Waals surface area (Å²) in [6.07, 6.45) is -0.370. The highest BCUT2D eigenvalue weighted by Crippen LogP contribution is 2.30. The summed E-state index contributed by atoms with van der Waals surface area (Å²) < 4.78 is 55.6. The van der Waals surface area contributed by atoms with Crippen molar-refractivity contribution in [1.82, 2.24) is 4.98 Å². The van der Waals surface area contributed by atoms with Gasteiger partial charge in [0.1, 0.15) is 11.6 Å². The van der Waals surface area contributed by atoms with Crippen LogP contribution in [0.2, 0.25) is 0 Å². The van der Waals surface area contributed by atoms with E-state index < -0.39 is 17.6 Å². The predicted octanol–water partition coefficient (Wildman–Crippen LogP) is 4.31. The molecule has 2 aromatic rings. The number of halogens is 4. The van der Waals surface area contributed by atoms with Crippen LogP contribution in [-0.2, 0) is 6.18 Å². The standard InChI is InChI=1S/C13H9F4NO/c1-8-7-18-12(19-8)5-3-9-2-4-10(6-11(9)14)13(15,16)17/h2-7H,1H3. The van der Waals surface area contributed by atoms with Crippen LogP contribution in [0.4, 0.5) is 17.6 Å². The molecule has 0 N–H and O–H groups in total. The van der Waals surface area contributed by atoms with E-state index in [1.807, 2.05) is 0 Å². The fourth-order valence-corrected chi connectivity index (χ4v) is 1.45. The van der Waals surface area contributed by atoms with Gasteiger partial charge in [-0.2, -0.15) is 13.2 Å². The minimum absolute atomic E-state index is 0.0313. The molecule has 0 bridgehead atoms. The number of aryl methyl sites for hydroxylation is 1. The fourth-order valence-electron chi connectivity index (χ4n) is 1.45. The van der Waals surface area contributed by atoms with Crippen molar-refractivity contribution in [2.45, 2.75) is 13.1 Å². The zero-order chi connectivity index (χ0) is 14.0. The highest BCUT2D eigenvalue weighted by Gasteiger charge is 2.30. The van der Waals surface area contributed by atoms with E-state index in [0.717, 1.165) is 12.1 Å². The van der Waals surface area contributed by atoms with E-state index >= 15 is 0 Å². The Kier molecular flexibility index (Phi) is 3.42. The van der Waals surface area contributed by atoms with Crippen LogP contribution in [0.3, 0.4) is 0 Å². The lowest BCUT2D eigenvalue weighted by atomic mass is 10.1. The second kappa shape index (κ2) is 4.87. The lowest BCUT2D eigenvalue weighted by Crippen LogP contribution is -2.05. The zero-order valence-electron chi connectivity index (χ0n) is 9.83. The van der Waals surface area contributed by atoms with Gasteiger partial charge in [0.15, 0.2) is 0 Å². The quantitative estimate of drug-likeness (QED) is 0.760. The fraction of sp³-hybridized carbons (Fsp3) is 0.154. The van der Waals surface area contributed by atoms with Crippen molar-refractivity contribution in [3.05, 3.63) is 53.0 Å². The monoisotopic (exact) mass is 271 g/mol. The molecular weight excluding hydrogens is 262 g/mol. The maximum atomic E-state index is 13.5. The molecule has 0 spiro atoms. The number of rotatable bonds is 2. The second-order valence-corrected chi connectivity index (χ2v) is 3.88. The summed E-state index contributed by atoms with van der Waals surface area (Å²) in [5.41, 5.74) is -0.988. The summed E-state index contributed by atoms with van der Waals surface area (Å²) >= 11 is 0. The van der Waals surface area contributed by atoms with E-state index in [4.69, 9.17) is 4.42 Å². The Hall–Kier alpha value is -2.11. The molecular formula is C13H9F4NO. The minimum atomic E-state index is -4.55. The van der Waals surface area contributed by atoms with Crippen molar-refractivity contribution in [2.24, 2.45) is 0 Å². The average molecular weight is 271 g/mol. The Balaban J connectivity index is 2.25. The third kappa shape index (κ3) is 3.21. The molecule has 0 aliphatic heterocycles. The molecule has 2 nitrogen and oxygen atoms in total. The van der Waals surface area contributed by atoms with Crippen LogP contribution in [0.1, 0.15) is 22.8 Å². The number of aromatic nitrogens is 1. The Morgan fingerprint density at radius 2 is 1.95 bits per heavy atom. The number of benzene rings is 1. The maximum Gasteiger partial charge on any atom is 0.416 e. The lowest BCUT2D eigenvalue weighted by Gasteiger charge is -2.07. The summed E-state index contributed by atoms with van der Waals surface area (Å²) in [4.78, 5) is 3.86. The molecule has 1 aromatic carbocycles. The van der Waals surface area contributed by atoms with Crippen LogP contribution in [0.25, 0.3) is 12.2 Å². The summed E-state index contributed by atoms with van der Waals surface area (Å²) in [5.74, 6) is -0.0984. The highest BCUT2D eigenvalue weighted by atomic mass is 19.4. The molecule has 0 aliphatic carbocycles. The Labute approximate surface area is 106 Å². The Bertz CT molecular complexity index is 613. The molecule has 100 valence electrons. The molecule has 0 fully saturated rings. The zero-order valence-corrected chi connectivity index (χ0v) is 9.83. The van der Waals surface area contributed by atoms with E-state index in [1.54, 1.807) is 6.92 Å². The van der Waals surface area contributed by atoms with E-state index in [1.165, 1.54) is 18.3 Å². The molecule has 0 saturated carbocycles. The van der Waals surface area contributed by atoms with Gasteiger partial charge in [0.25, 0.3) is 0 Å². The van der Waals surface area contributed by atoms with Crippen molar-refractivity contribution >= 4 is 12.2 Å².